The summed E-state index contributed by atoms with van der Waals surface area (Å²) in [5.74, 6) is -0.0429. The fraction of sp³-hybridized carbons (Fsp3) is 0.500. The van der Waals surface area contributed by atoms with Crippen molar-refractivity contribution in [2.75, 3.05) is 5.73 Å². The molecular weight excluding hydrogens is 252 g/mol. The lowest BCUT2D eigenvalue weighted by atomic mass is 9.85. The SMILES string of the molecule is Cn1c(C2CC(O)C(C)(C)C2O)cc2cc(N)ccc21. The van der Waals surface area contributed by atoms with Gasteiger partial charge in [-0.2, -0.15) is 0 Å². The molecule has 1 heterocycles. The molecule has 0 spiro atoms. The first kappa shape index (κ1) is 13.5. The average molecular weight is 274 g/mol. The number of hydrogen-bond donors (Lipinski definition) is 3. The minimum Gasteiger partial charge on any atom is -0.399 e. The van der Waals surface area contributed by atoms with Crippen molar-refractivity contribution in [1.29, 1.82) is 0 Å². The molecule has 4 N–H and O–H groups in total. The lowest BCUT2D eigenvalue weighted by Crippen LogP contribution is -2.33. The molecule has 0 amide bonds. The molecule has 3 unspecified atom stereocenters. The first-order chi connectivity index (χ1) is 9.32. The Bertz CT molecular complexity index is 660. The Hall–Kier alpha value is -1.52. The molecule has 0 saturated heterocycles. The van der Waals surface area contributed by atoms with Gasteiger partial charge in [0.25, 0.3) is 0 Å². The van der Waals surface area contributed by atoms with Crippen LogP contribution in [-0.2, 0) is 7.05 Å². The van der Waals surface area contributed by atoms with Crippen LogP contribution in [0.3, 0.4) is 0 Å². The zero-order valence-electron chi connectivity index (χ0n) is 12.2. The number of nitrogens with two attached hydrogens (primary N) is 1. The van der Waals surface area contributed by atoms with Gasteiger partial charge in [0.2, 0.25) is 0 Å². The van der Waals surface area contributed by atoms with Crippen LogP contribution in [0.1, 0.15) is 31.9 Å². The smallest absolute Gasteiger partial charge is 0.0699 e. The van der Waals surface area contributed by atoms with E-state index in [1.165, 1.54) is 0 Å². The number of aliphatic hydroxyl groups excluding tert-OH is 2. The maximum atomic E-state index is 10.5. The summed E-state index contributed by atoms with van der Waals surface area (Å²) >= 11 is 0. The van der Waals surface area contributed by atoms with Gasteiger partial charge in [-0.05, 0) is 30.7 Å². The van der Waals surface area contributed by atoms with Crippen LogP contribution in [-0.4, -0.2) is 27.0 Å². The molecule has 20 heavy (non-hydrogen) atoms. The number of aromatic nitrogens is 1. The molecule has 4 heteroatoms. The summed E-state index contributed by atoms with van der Waals surface area (Å²) in [5.41, 5.74) is 8.25. The standard InChI is InChI=1S/C16H22N2O2/c1-16(2)14(19)8-11(15(16)20)13-7-9-6-10(17)4-5-12(9)18(13)3/h4-7,11,14-15,19-20H,8,17H2,1-3H3. The van der Waals surface area contributed by atoms with Crippen LogP contribution in [0.5, 0.6) is 0 Å². The maximum Gasteiger partial charge on any atom is 0.0699 e. The number of anilines is 1. The second-order valence-electron chi connectivity index (χ2n) is 6.57. The van der Waals surface area contributed by atoms with Crippen LogP contribution in [0, 0.1) is 5.41 Å². The highest BCUT2D eigenvalue weighted by atomic mass is 16.3. The zero-order chi connectivity index (χ0) is 14.7. The number of hydrogen-bond acceptors (Lipinski definition) is 3. The third-order valence-electron chi connectivity index (χ3n) is 4.96. The van der Waals surface area contributed by atoms with E-state index in [2.05, 4.69) is 10.6 Å². The summed E-state index contributed by atoms with van der Waals surface area (Å²) in [6.07, 6.45) is -0.434. The highest BCUT2D eigenvalue weighted by Gasteiger charge is 2.49. The number of nitrogens with zero attached hydrogens (tertiary/aromatic N) is 1. The van der Waals surface area contributed by atoms with Gasteiger partial charge in [0.1, 0.15) is 0 Å². The van der Waals surface area contributed by atoms with E-state index in [9.17, 15) is 10.2 Å². The Labute approximate surface area is 118 Å². The molecule has 0 aliphatic heterocycles. The highest BCUT2D eigenvalue weighted by Crippen LogP contribution is 2.47. The van der Waals surface area contributed by atoms with Gasteiger partial charge in [0, 0.05) is 40.7 Å². The number of aryl methyl sites for hydroxylation is 1. The number of benzene rings is 1. The van der Waals surface area contributed by atoms with Gasteiger partial charge in [-0.15, -0.1) is 0 Å². The van der Waals surface area contributed by atoms with E-state index in [1.807, 2.05) is 39.1 Å². The zero-order valence-corrected chi connectivity index (χ0v) is 12.2. The summed E-state index contributed by atoms with van der Waals surface area (Å²) in [5, 5.41) is 21.8. The molecule has 1 fully saturated rings. The topological polar surface area (TPSA) is 71.4 Å². The Balaban J connectivity index is 2.09. The van der Waals surface area contributed by atoms with Crippen molar-refractivity contribution in [2.24, 2.45) is 12.5 Å². The van der Waals surface area contributed by atoms with E-state index in [1.54, 1.807) is 0 Å². The van der Waals surface area contributed by atoms with Crippen LogP contribution < -0.4 is 5.73 Å². The van der Waals surface area contributed by atoms with E-state index < -0.39 is 17.6 Å². The van der Waals surface area contributed by atoms with Gasteiger partial charge in [0.15, 0.2) is 0 Å². The van der Waals surface area contributed by atoms with E-state index in [4.69, 9.17) is 5.73 Å². The highest BCUT2D eigenvalue weighted by molar-refractivity contribution is 5.84. The van der Waals surface area contributed by atoms with E-state index >= 15 is 0 Å². The molecule has 3 atom stereocenters. The first-order valence-electron chi connectivity index (χ1n) is 7.03. The lowest BCUT2D eigenvalue weighted by molar-refractivity contribution is -0.000581. The van der Waals surface area contributed by atoms with E-state index in [0.717, 1.165) is 22.3 Å². The van der Waals surface area contributed by atoms with Crippen molar-refractivity contribution in [3.05, 3.63) is 30.0 Å². The van der Waals surface area contributed by atoms with Crippen molar-refractivity contribution in [3.8, 4) is 0 Å². The van der Waals surface area contributed by atoms with Gasteiger partial charge in [-0.1, -0.05) is 13.8 Å². The molecule has 0 radical (unpaired) electrons. The largest absolute Gasteiger partial charge is 0.399 e. The predicted molar refractivity (Wildman–Crippen MR) is 80.5 cm³/mol. The minimum absolute atomic E-state index is 0.0429. The van der Waals surface area contributed by atoms with Crippen molar-refractivity contribution in [1.82, 2.24) is 4.57 Å². The quantitative estimate of drug-likeness (QED) is 0.696. The summed E-state index contributed by atoms with van der Waals surface area (Å²) in [6.45, 7) is 3.84. The molecule has 1 saturated carbocycles. The number of nitrogen functional groups attached to an aromatic ring is 1. The van der Waals surface area contributed by atoms with Crippen LogP contribution >= 0.6 is 0 Å². The maximum absolute atomic E-state index is 10.5. The third-order valence-corrected chi connectivity index (χ3v) is 4.96. The summed E-state index contributed by atoms with van der Waals surface area (Å²) < 4.78 is 2.09. The van der Waals surface area contributed by atoms with Gasteiger partial charge in [-0.25, -0.2) is 0 Å². The summed E-state index contributed by atoms with van der Waals surface area (Å²) in [6, 6.07) is 7.91. The number of aliphatic hydroxyl groups is 2. The minimum atomic E-state index is -0.544. The van der Waals surface area contributed by atoms with E-state index in [-0.39, 0.29) is 5.92 Å². The van der Waals surface area contributed by atoms with Crippen molar-refractivity contribution in [2.45, 2.75) is 38.4 Å². The van der Waals surface area contributed by atoms with Crippen molar-refractivity contribution < 1.29 is 10.2 Å². The monoisotopic (exact) mass is 274 g/mol. The van der Waals surface area contributed by atoms with Crippen LogP contribution in [0.25, 0.3) is 10.9 Å². The molecule has 4 nitrogen and oxygen atoms in total. The predicted octanol–water partition coefficient (Wildman–Crippen LogP) is 2.00. The molecule has 1 aromatic heterocycles. The van der Waals surface area contributed by atoms with Crippen molar-refractivity contribution in [3.63, 3.8) is 0 Å². The fourth-order valence-corrected chi connectivity index (χ4v) is 3.42. The molecule has 1 aliphatic rings. The third kappa shape index (κ3) is 1.75. The molecule has 108 valence electrons. The molecule has 1 aliphatic carbocycles. The van der Waals surface area contributed by atoms with Gasteiger partial charge < -0.3 is 20.5 Å². The van der Waals surface area contributed by atoms with Gasteiger partial charge >= 0.3 is 0 Å². The van der Waals surface area contributed by atoms with Gasteiger partial charge in [0.05, 0.1) is 12.2 Å². The number of rotatable bonds is 1. The second kappa shape index (κ2) is 4.24. The molecular formula is C16H22N2O2. The number of fused-ring (bicyclic) bond motifs is 1. The molecule has 2 aromatic rings. The molecule has 3 rings (SSSR count). The van der Waals surface area contributed by atoms with Crippen LogP contribution in [0.2, 0.25) is 0 Å². The summed E-state index contributed by atoms with van der Waals surface area (Å²) in [7, 11) is 2.00. The molecule has 1 aromatic carbocycles. The first-order valence-corrected chi connectivity index (χ1v) is 7.03. The van der Waals surface area contributed by atoms with Gasteiger partial charge in [-0.3, -0.25) is 0 Å². The second-order valence-corrected chi connectivity index (χ2v) is 6.57. The van der Waals surface area contributed by atoms with Crippen LogP contribution in [0.4, 0.5) is 5.69 Å². The fourth-order valence-electron chi connectivity index (χ4n) is 3.42. The Morgan fingerprint density at radius 2 is 1.95 bits per heavy atom. The Morgan fingerprint density at radius 3 is 2.55 bits per heavy atom. The molecule has 0 bridgehead atoms. The lowest BCUT2D eigenvalue weighted by Gasteiger charge is -2.28. The normalized spacial score (nSPS) is 29.1. The average Bonchev–Trinajstić information content (AvgIpc) is 2.80. The Morgan fingerprint density at radius 1 is 1.25 bits per heavy atom. The Kier molecular flexibility index (Phi) is 2.85. The van der Waals surface area contributed by atoms with E-state index in [0.29, 0.717) is 6.42 Å². The van der Waals surface area contributed by atoms with Crippen molar-refractivity contribution >= 4 is 16.6 Å². The summed E-state index contributed by atoms with van der Waals surface area (Å²) in [4.78, 5) is 0. The van der Waals surface area contributed by atoms with Crippen LogP contribution in [0.15, 0.2) is 24.3 Å².